The third kappa shape index (κ3) is 3.73. The summed E-state index contributed by atoms with van der Waals surface area (Å²) < 4.78 is 0. The third-order valence-corrected chi connectivity index (χ3v) is 3.99. The first-order valence-corrected chi connectivity index (χ1v) is 6.51. The molecule has 0 bridgehead atoms. The van der Waals surface area contributed by atoms with Crippen molar-refractivity contribution in [2.24, 2.45) is 16.3 Å². The monoisotopic (exact) mass is 351 g/mol. The number of nitrogens with zero attached hydrogens (tertiary/aromatic N) is 2. The Bertz CT molecular complexity index is 288. The number of halogens is 1. The number of guanidine groups is 1. The highest BCUT2D eigenvalue weighted by atomic mass is 127. The summed E-state index contributed by atoms with van der Waals surface area (Å²) in [7, 11) is 1.90. The molecule has 0 amide bonds. The number of nitrogens with one attached hydrogen (secondary N) is 1. The van der Waals surface area contributed by atoms with Gasteiger partial charge >= 0.3 is 0 Å². The molecule has 2 fully saturated rings. The summed E-state index contributed by atoms with van der Waals surface area (Å²) in [6.07, 6.45) is 3.94. The van der Waals surface area contributed by atoms with E-state index in [4.69, 9.17) is 0 Å². The van der Waals surface area contributed by atoms with E-state index in [-0.39, 0.29) is 24.0 Å². The van der Waals surface area contributed by atoms with E-state index >= 15 is 0 Å². The molecule has 2 aliphatic rings. The van der Waals surface area contributed by atoms with Gasteiger partial charge in [-0.25, -0.2) is 0 Å². The first-order chi connectivity index (χ1) is 7.53. The summed E-state index contributed by atoms with van der Waals surface area (Å²) in [5.41, 5.74) is 0.470. The fraction of sp³-hybridized carbons (Fsp3) is 0.923. The van der Waals surface area contributed by atoms with Gasteiger partial charge in [0.05, 0.1) is 0 Å². The van der Waals surface area contributed by atoms with E-state index in [0.717, 1.165) is 25.0 Å². The zero-order valence-electron chi connectivity index (χ0n) is 11.5. The van der Waals surface area contributed by atoms with E-state index in [1.54, 1.807) is 0 Å². The van der Waals surface area contributed by atoms with Crippen LogP contribution in [0.5, 0.6) is 0 Å². The molecule has 3 nitrogen and oxygen atoms in total. The average molecular weight is 351 g/mol. The van der Waals surface area contributed by atoms with Gasteiger partial charge < -0.3 is 10.2 Å². The van der Waals surface area contributed by atoms with E-state index < -0.39 is 0 Å². The summed E-state index contributed by atoms with van der Waals surface area (Å²) in [6, 6.07) is 0.628. The maximum atomic E-state index is 4.42. The molecule has 1 aliphatic heterocycles. The van der Waals surface area contributed by atoms with Gasteiger partial charge in [0.15, 0.2) is 5.96 Å². The van der Waals surface area contributed by atoms with Gasteiger partial charge in [0.2, 0.25) is 0 Å². The molecular weight excluding hydrogens is 325 g/mol. The Morgan fingerprint density at radius 3 is 2.53 bits per heavy atom. The SMILES string of the molecule is CN=C(NC1CC1(C)C)N1CCCC(C)C1.I. The zero-order chi connectivity index (χ0) is 11.8. The van der Waals surface area contributed by atoms with E-state index in [1.807, 2.05) is 7.05 Å². The number of hydrogen-bond donors (Lipinski definition) is 1. The molecule has 100 valence electrons. The third-order valence-electron chi connectivity index (χ3n) is 3.99. The minimum atomic E-state index is 0. The van der Waals surface area contributed by atoms with Crippen molar-refractivity contribution in [3.8, 4) is 0 Å². The molecule has 1 saturated carbocycles. The van der Waals surface area contributed by atoms with Crippen LogP contribution >= 0.6 is 24.0 Å². The lowest BCUT2D eigenvalue weighted by molar-refractivity contribution is 0.265. The normalized spacial score (nSPS) is 31.8. The Labute approximate surface area is 122 Å². The van der Waals surface area contributed by atoms with Crippen molar-refractivity contribution in [3.05, 3.63) is 0 Å². The zero-order valence-corrected chi connectivity index (χ0v) is 13.8. The molecule has 17 heavy (non-hydrogen) atoms. The van der Waals surface area contributed by atoms with Crippen molar-refractivity contribution in [2.45, 2.75) is 46.1 Å². The predicted molar refractivity (Wildman–Crippen MR) is 84.1 cm³/mol. The quantitative estimate of drug-likeness (QED) is 0.447. The highest BCUT2D eigenvalue weighted by Crippen LogP contribution is 2.44. The van der Waals surface area contributed by atoms with E-state index in [0.29, 0.717) is 11.5 Å². The maximum absolute atomic E-state index is 4.42. The first kappa shape index (κ1) is 15.1. The Balaban J connectivity index is 0.00000144. The number of piperidine rings is 1. The van der Waals surface area contributed by atoms with Crippen LogP contribution in [0.4, 0.5) is 0 Å². The van der Waals surface area contributed by atoms with Gasteiger partial charge in [-0.2, -0.15) is 0 Å². The second kappa shape index (κ2) is 5.76. The molecule has 4 heteroatoms. The number of rotatable bonds is 1. The molecule has 2 unspecified atom stereocenters. The molecule has 1 heterocycles. The molecular formula is C13H26IN3. The Morgan fingerprint density at radius 1 is 1.41 bits per heavy atom. The van der Waals surface area contributed by atoms with Crippen molar-refractivity contribution < 1.29 is 0 Å². The fourth-order valence-corrected chi connectivity index (χ4v) is 2.55. The van der Waals surface area contributed by atoms with Crippen molar-refractivity contribution in [1.82, 2.24) is 10.2 Å². The van der Waals surface area contributed by atoms with E-state index in [1.165, 1.54) is 19.3 Å². The number of aliphatic imine (C=N–C) groups is 1. The molecule has 2 rings (SSSR count). The van der Waals surface area contributed by atoms with Crippen LogP contribution in [0, 0.1) is 11.3 Å². The van der Waals surface area contributed by atoms with Crippen LogP contribution in [-0.2, 0) is 0 Å². The van der Waals surface area contributed by atoms with Crippen LogP contribution in [0.1, 0.15) is 40.0 Å². The first-order valence-electron chi connectivity index (χ1n) is 6.51. The Hall–Kier alpha value is 0. The predicted octanol–water partition coefficient (Wildman–Crippen LogP) is 2.71. The smallest absolute Gasteiger partial charge is 0.193 e. The Kier molecular flexibility index (Phi) is 5.10. The lowest BCUT2D eigenvalue weighted by Gasteiger charge is -2.33. The Morgan fingerprint density at radius 2 is 2.06 bits per heavy atom. The second-order valence-corrected chi connectivity index (χ2v) is 6.13. The van der Waals surface area contributed by atoms with Gasteiger partial charge in [-0.1, -0.05) is 20.8 Å². The van der Waals surface area contributed by atoms with Crippen molar-refractivity contribution >= 4 is 29.9 Å². The van der Waals surface area contributed by atoms with Crippen LogP contribution in [0.25, 0.3) is 0 Å². The summed E-state index contributed by atoms with van der Waals surface area (Å²) in [4.78, 5) is 6.84. The minimum absolute atomic E-state index is 0. The summed E-state index contributed by atoms with van der Waals surface area (Å²) in [5.74, 6) is 1.92. The van der Waals surface area contributed by atoms with Crippen LogP contribution in [0.15, 0.2) is 4.99 Å². The number of hydrogen-bond acceptors (Lipinski definition) is 1. The van der Waals surface area contributed by atoms with E-state index in [2.05, 4.69) is 36.0 Å². The van der Waals surface area contributed by atoms with Crippen LogP contribution in [0.3, 0.4) is 0 Å². The van der Waals surface area contributed by atoms with Crippen molar-refractivity contribution in [1.29, 1.82) is 0 Å². The molecule has 0 spiro atoms. The van der Waals surface area contributed by atoms with Crippen molar-refractivity contribution in [2.75, 3.05) is 20.1 Å². The number of likely N-dealkylation sites (tertiary alicyclic amines) is 1. The minimum Gasteiger partial charge on any atom is -0.353 e. The van der Waals surface area contributed by atoms with Crippen LogP contribution < -0.4 is 5.32 Å². The fourth-order valence-electron chi connectivity index (χ4n) is 2.55. The van der Waals surface area contributed by atoms with Crippen LogP contribution in [0.2, 0.25) is 0 Å². The summed E-state index contributed by atoms with van der Waals surface area (Å²) in [5, 5.41) is 3.60. The molecule has 1 aliphatic carbocycles. The van der Waals surface area contributed by atoms with E-state index in [9.17, 15) is 0 Å². The molecule has 1 N–H and O–H groups in total. The lowest BCUT2D eigenvalue weighted by Crippen LogP contribution is -2.47. The maximum Gasteiger partial charge on any atom is 0.193 e. The summed E-state index contributed by atoms with van der Waals surface area (Å²) >= 11 is 0. The molecule has 2 atom stereocenters. The van der Waals surface area contributed by atoms with Gasteiger partial charge in [-0.15, -0.1) is 24.0 Å². The standard InChI is InChI=1S/C13H25N3.HI/c1-10-6-5-7-16(9-10)12(14-4)15-11-8-13(11,2)3;/h10-11H,5-9H2,1-4H3,(H,14,15);1H. The van der Waals surface area contributed by atoms with Gasteiger partial charge in [0, 0.05) is 26.2 Å². The largest absolute Gasteiger partial charge is 0.353 e. The molecule has 1 saturated heterocycles. The summed E-state index contributed by atoms with van der Waals surface area (Å²) in [6.45, 7) is 9.29. The van der Waals surface area contributed by atoms with Gasteiger partial charge in [0.1, 0.15) is 0 Å². The lowest BCUT2D eigenvalue weighted by atomic mass is 10.0. The van der Waals surface area contributed by atoms with Crippen molar-refractivity contribution in [3.63, 3.8) is 0 Å². The van der Waals surface area contributed by atoms with Gasteiger partial charge in [0.25, 0.3) is 0 Å². The molecule has 0 aromatic rings. The molecule has 0 aromatic heterocycles. The van der Waals surface area contributed by atoms with Crippen LogP contribution in [-0.4, -0.2) is 37.0 Å². The molecule has 0 radical (unpaired) electrons. The van der Waals surface area contributed by atoms with Gasteiger partial charge in [-0.05, 0) is 30.6 Å². The average Bonchev–Trinajstić information content (AvgIpc) is 2.82. The van der Waals surface area contributed by atoms with Gasteiger partial charge in [-0.3, -0.25) is 4.99 Å². The highest BCUT2D eigenvalue weighted by molar-refractivity contribution is 14.0. The highest BCUT2D eigenvalue weighted by Gasteiger charge is 2.46. The second-order valence-electron chi connectivity index (χ2n) is 6.13. The molecule has 0 aromatic carbocycles. The topological polar surface area (TPSA) is 27.6 Å².